The van der Waals surface area contributed by atoms with Crippen molar-refractivity contribution in [3.05, 3.63) is 29.6 Å². The molecular formula is C23H35FO2. The van der Waals surface area contributed by atoms with Crippen molar-refractivity contribution in [2.24, 2.45) is 11.8 Å². The van der Waals surface area contributed by atoms with Crippen molar-refractivity contribution >= 4 is 5.97 Å². The Morgan fingerprint density at radius 2 is 1.73 bits per heavy atom. The minimum atomic E-state index is -0.279. The molecule has 3 heteroatoms. The van der Waals surface area contributed by atoms with Crippen LogP contribution in [0.25, 0.3) is 0 Å². The van der Waals surface area contributed by atoms with Crippen LogP contribution < -0.4 is 4.74 Å². The molecule has 0 aromatic heterocycles. The molecule has 26 heavy (non-hydrogen) atoms. The summed E-state index contributed by atoms with van der Waals surface area (Å²) in [4.78, 5) is 12.1. The zero-order chi connectivity index (χ0) is 18.8. The van der Waals surface area contributed by atoms with E-state index in [-0.39, 0.29) is 11.8 Å². The van der Waals surface area contributed by atoms with Gasteiger partial charge in [-0.25, -0.2) is 4.39 Å². The van der Waals surface area contributed by atoms with Crippen molar-refractivity contribution in [1.82, 2.24) is 0 Å². The van der Waals surface area contributed by atoms with E-state index in [1.807, 2.05) is 6.92 Å². The van der Waals surface area contributed by atoms with Crippen LogP contribution in [-0.2, 0) is 11.2 Å². The Morgan fingerprint density at radius 3 is 2.35 bits per heavy atom. The molecule has 1 saturated carbocycles. The van der Waals surface area contributed by atoms with Gasteiger partial charge in [0.2, 0.25) is 0 Å². The fourth-order valence-electron chi connectivity index (χ4n) is 4.06. The van der Waals surface area contributed by atoms with Gasteiger partial charge in [-0.1, -0.05) is 77.7 Å². The number of hydrogen-bond acceptors (Lipinski definition) is 2. The average molecular weight is 363 g/mol. The summed E-state index contributed by atoms with van der Waals surface area (Å²) in [6.07, 6.45) is 13.4. The van der Waals surface area contributed by atoms with E-state index in [4.69, 9.17) is 4.74 Å². The number of halogens is 1. The van der Waals surface area contributed by atoms with Gasteiger partial charge in [-0.15, -0.1) is 0 Å². The van der Waals surface area contributed by atoms with Crippen molar-refractivity contribution in [3.8, 4) is 5.75 Å². The van der Waals surface area contributed by atoms with E-state index in [1.54, 1.807) is 12.1 Å². The third-order valence-electron chi connectivity index (χ3n) is 5.71. The van der Waals surface area contributed by atoms with Gasteiger partial charge in [0.15, 0.2) is 0 Å². The van der Waals surface area contributed by atoms with E-state index < -0.39 is 0 Å². The van der Waals surface area contributed by atoms with Crippen molar-refractivity contribution in [1.29, 1.82) is 0 Å². The molecule has 0 radical (unpaired) electrons. The normalized spacial score (nSPS) is 20.1. The second-order valence-corrected chi connectivity index (χ2v) is 7.90. The Labute approximate surface area is 158 Å². The van der Waals surface area contributed by atoms with Crippen LogP contribution in [0, 0.1) is 17.7 Å². The molecule has 0 heterocycles. The summed E-state index contributed by atoms with van der Waals surface area (Å²) in [6.45, 7) is 4.27. The van der Waals surface area contributed by atoms with Crippen molar-refractivity contribution < 1.29 is 13.9 Å². The number of esters is 1. The molecule has 0 spiro atoms. The van der Waals surface area contributed by atoms with Crippen LogP contribution in [-0.4, -0.2) is 5.97 Å². The second kappa shape index (κ2) is 11.4. The molecule has 146 valence electrons. The van der Waals surface area contributed by atoms with Crippen LogP contribution in [0.3, 0.4) is 0 Å². The average Bonchev–Trinajstić information content (AvgIpc) is 2.64. The Kier molecular flexibility index (Phi) is 9.14. The first-order valence-corrected chi connectivity index (χ1v) is 10.6. The highest BCUT2D eigenvalue weighted by atomic mass is 19.1. The first-order valence-electron chi connectivity index (χ1n) is 10.6. The van der Waals surface area contributed by atoms with Gasteiger partial charge in [0.05, 0.1) is 0 Å². The lowest BCUT2D eigenvalue weighted by molar-refractivity contribution is -0.134. The molecule has 1 fully saturated rings. The molecule has 0 atom stereocenters. The van der Waals surface area contributed by atoms with Gasteiger partial charge in [0.1, 0.15) is 11.6 Å². The van der Waals surface area contributed by atoms with E-state index in [2.05, 4.69) is 6.92 Å². The molecule has 0 aliphatic heterocycles. The quantitative estimate of drug-likeness (QED) is 0.258. The number of carbonyl (C=O) groups excluding carboxylic acids is 1. The van der Waals surface area contributed by atoms with Gasteiger partial charge in [-0.2, -0.15) is 0 Å². The first kappa shape index (κ1) is 20.9. The number of rotatable bonds is 10. The van der Waals surface area contributed by atoms with E-state index in [0.29, 0.717) is 30.1 Å². The summed E-state index contributed by atoms with van der Waals surface area (Å²) >= 11 is 0. The van der Waals surface area contributed by atoms with Crippen LogP contribution >= 0.6 is 0 Å². The number of ether oxygens (including phenoxy) is 1. The molecule has 2 nitrogen and oxygen atoms in total. The zero-order valence-electron chi connectivity index (χ0n) is 16.6. The molecular weight excluding hydrogens is 327 g/mol. The smallest absolute Gasteiger partial charge is 0.311 e. The SMILES string of the molecule is CCCCCC1CCC(CCC(=O)Oc2ccc(CCC)c(F)c2)CC1. The van der Waals surface area contributed by atoms with Gasteiger partial charge >= 0.3 is 5.97 Å². The van der Waals surface area contributed by atoms with Crippen LogP contribution in [0.5, 0.6) is 5.75 Å². The molecule has 0 unspecified atom stereocenters. The van der Waals surface area contributed by atoms with Gasteiger partial charge in [-0.3, -0.25) is 4.79 Å². The molecule has 2 rings (SSSR count). The van der Waals surface area contributed by atoms with E-state index in [0.717, 1.165) is 18.8 Å². The van der Waals surface area contributed by atoms with Gasteiger partial charge in [-0.05, 0) is 36.3 Å². The van der Waals surface area contributed by atoms with Crippen molar-refractivity contribution in [2.45, 2.75) is 90.9 Å². The molecule has 1 aliphatic rings. The molecule has 0 N–H and O–H groups in total. The van der Waals surface area contributed by atoms with Crippen LogP contribution in [0.2, 0.25) is 0 Å². The minimum Gasteiger partial charge on any atom is -0.426 e. The molecule has 0 saturated heterocycles. The van der Waals surface area contributed by atoms with Crippen molar-refractivity contribution in [2.75, 3.05) is 0 Å². The third kappa shape index (κ3) is 7.09. The number of unbranched alkanes of at least 4 members (excludes halogenated alkanes) is 2. The zero-order valence-corrected chi connectivity index (χ0v) is 16.6. The predicted molar refractivity (Wildman–Crippen MR) is 105 cm³/mol. The van der Waals surface area contributed by atoms with E-state index in [1.165, 1.54) is 57.4 Å². The van der Waals surface area contributed by atoms with Gasteiger partial charge in [0.25, 0.3) is 0 Å². The van der Waals surface area contributed by atoms with Gasteiger partial charge < -0.3 is 4.74 Å². The maximum absolute atomic E-state index is 13.9. The number of carbonyl (C=O) groups is 1. The summed E-state index contributed by atoms with van der Waals surface area (Å²) in [7, 11) is 0. The highest BCUT2D eigenvalue weighted by Crippen LogP contribution is 2.34. The summed E-state index contributed by atoms with van der Waals surface area (Å²) in [5, 5.41) is 0. The van der Waals surface area contributed by atoms with E-state index >= 15 is 0 Å². The Hall–Kier alpha value is -1.38. The summed E-state index contributed by atoms with van der Waals surface area (Å²) in [5.74, 6) is 1.35. The lowest BCUT2D eigenvalue weighted by Crippen LogP contribution is -2.17. The first-order chi connectivity index (χ1) is 12.6. The molecule has 0 bridgehead atoms. The summed E-state index contributed by atoms with van der Waals surface area (Å²) in [6, 6.07) is 4.76. The lowest BCUT2D eigenvalue weighted by atomic mass is 9.78. The lowest BCUT2D eigenvalue weighted by Gasteiger charge is -2.28. The largest absolute Gasteiger partial charge is 0.426 e. The maximum atomic E-state index is 13.9. The third-order valence-corrected chi connectivity index (χ3v) is 5.71. The molecule has 1 aliphatic carbocycles. The molecule has 1 aromatic carbocycles. The number of hydrogen-bond donors (Lipinski definition) is 0. The highest BCUT2D eigenvalue weighted by molar-refractivity contribution is 5.72. The number of benzene rings is 1. The Balaban J connectivity index is 1.67. The minimum absolute atomic E-state index is 0.238. The topological polar surface area (TPSA) is 26.3 Å². The maximum Gasteiger partial charge on any atom is 0.311 e. The van der Waals surface area contributed by atoms with Crippen molar-refractivity contribution in [3.63, 3.8) is 0 Å². The van der Waals surface area contributed by atoms with Gasteiger partial charge in [0, 0.05) is 12.5 Å². The number of aryl methyl sites for hydroxylation is 1. The second-order valence-electron chi connectivity index (χ2n) is 7.90. The summed E-state index contributed by atoms with van der Waals surface area (Å²) < 4.78 is 19.2. The van der Waals surface area contributed by atoms with E-state index in [9.17, 15) is 9.18 Å². The fraction of sp³-hybridized carbons (Fsp3) is 0.696. The van der Waals surface area contributed by atoms with Crippen LogP contribution in [0.15, 0.2) is 18.2 Å². The highest BCUT2D eigenvalue weighted by Gasteiger charge is 2.21. The monoisotopic (exact) mass is 362 g/mol. The Bertz CT molecular complexity index is 547. The standard InChI is InChI=1S/C23H35FO2/c1-3-5-6-8-18-9-11-19(12-10-18)13-16-23(25)26-21-15-14-20(7-4-2)22(24)17-21/h14-15,17-19H,3-13,16H2,1-2H3. The summed E-state index contributed by atoms with van der Waals surface area (Å²) in [5.41, 5.74) is 0.683. The van der Waals surface area contributed by atoms with Crippen LogP contribution in [0.1, 0.15) is 90.0 Å². The predicted octanol–water partition coefficient (Wildman–Crippen LogP) is 6.85. The fourth-order valence-corrected chi connectivity index (χ4v) is 4.06. The molecule has 1 aromatic rings. The van der Waals surface area contributed by atoms with Crippen LogP contribution in [0.4, 0.5) is 4.39 Å². The Morgan fingerprint density at radius 1 is 1.04 bits per heavy atom. The molecule has 0 amide bonds.